The highest BCUT2D eigenvalue weighted by Crippen LogP contribution is 2.09. The molecule has 1 aromatic carbocycles. The van der Waals surface area contributed by atoms with Crippen LogP contribution < -0.4 is 10.6 Å². The van der Waals surface area contributed by atoms with Crippen molar-refractivity contribution in [1.82, 2.24) is 15.5 Å². The standard InChI is InChI=1S/C16H23N3O3/c1-17-16(21)13-5-3-12(4-6-13)10-19(2)15(20)9-14-11-22-8-7-18-14/h3-6,14,18H,7-11H2,1-2H3,(H,17,21). The molecular weight excluding hydrogens is 282 g/mol. The van der Waals surface area contributed by atoms with Crippen LogP contribution in [0.5, 0.6) is 0 Å². The van der Waals surface area contributed by atoms with Gasteiger partial charge >= 0.3 is 0 Å². The number of benzene rings is 1. The van der Waals surface area contributed by atoms with Gasteiger partial charge in [-0.3, -0.25) is 9.59 Å². The van der Waals surface area contributed by atoms with E-state index in [2.05, 4.69) is 10.6 Å². The van der Waals surface area contributed by atoms with Crippen molar-refractivity contribution in [3.05, 3.63) is 35.4 Å². The van der Waals surface area contributed by atoms with Crippen LogP contribution in [0, 0.1) is 0 Å². The molecule has 2 amide bonds. The molecule has 0 spiro atoms. The summed E-state index contributed by atoms with van der Waals surface area (Å²) in [6.07, 6.45) is 0.437. The molecular formula is C16H23N3O3. The van der Waals surface area contributed by atoms with Crippen molar-refractivity contribution in [2.75, 3.05) is 33.9 Å². The number of nitrogens with one attached hydrogen (secondary N) is 2. The van der Waals surface area contributed by atoms with E-state index in [4.69, 9.17) is 4.74 Å². The maximum atomic E-state index is 12.2. The Kier molecular flexibility index (Phi) is 5.91. The first kappa shape index (κ1) is 16.5. The minimum atomic E-state index is -0.112. The fourth-order valence-corrected chi connectivity index (χ4v) is 2.39. The van der Waals surface area contributed by atoms with Gasteiger partial charge in [0.05, 0.1) is 13.2 Å². The first-order valence-electron chi connectivity index (χ1n) is 7.46. The number of hydrogen-bond donors (Lipinski definition) is 2. The van der Waals surface area contributed by atoms with Crippen LogP contribution in [0.4, 0.5) is 0 Å². The number of ether oxygens (including phenoxy) is 1. The molecule has 1 heterocycles. The molecule has 0 aromatic heterocycles. The van der Waals surface area contributed by atoms with Gasteiger partial charge in [-0.25, -0.2) is 0 Å². The zero-order chi connectivity index (χ0) is 15.9. The zero-order valence-electron chi connectivity index (χ0n) is 13.1. The minimum absolute atomic E-state index is 0.0818. The first-order chi connectivity index (χ1) is 10.6. The van der Waals surface area contributed by atoms with Gasteiger partial charge < -0.3 is 20.3 Å². The lowest BCUT2D eigenvalue weighted by molar-refractivity contribution is -0.131. The molecule has 0 bridgehead atoms. The Morgan fingerprint density at radius 1 is 1.36 bits per heavy atom. The Bertz CT molecular complexity index is 510. The van der Waals surface area contributed by atoms with Crippen LogP contribution in [0.25, 0.3) is 0 Å². The largest absolute Gasteiger partial charge is 0.378 e. The summed E-state index contributed by atoms with van der Waals surface area (Å²) in [6, 6.07) is 7.37. The number of nitrogens with zero attached hydrogens (tertiary/aromatic N) is 1. The van der Waals surface area contributed by atoms with Crippen LogP contribution in [-0.4, -0.2) is 56.6 Å². The number of rotatable bonds is 5. The molecule has 1 aromatic rings. The number of morpholine rings is 1. The third-order valence-corrected chi connectivity index (χ3v) is 3.71. The minimum Gasteiger partial charge on any atom is -0.378 e. The molecule has 6 heteroatoms. The van der Waals surface area contributed by atoms with Gasteiger partial charge in [-0.2, -0.15) is 0 Å². The van der Waals surface area contributed by atoms with Gasteiger partial charge in [0.1, 0.15) is 0 Å². The van der Waals surface area contributed by atoms with Crippen LogP contribution in [0.2, 0.25) is 0 Å². The average molecular weight is 305 g/mol. The maximum Gasteiger partial charge on any atom is 0.251 e. The van der Waals surface area contributed by atoms with E-state index in [1.807, 2.05) is 12.1 Å². The van der Waals surface area contributed by atoms with Gasteiger partial charge in [0.15, 0.2) is 0 Å². The fraction of sp³-hybridized carbons (Fsp3) is 0.500. The highest BCUT2D eigenvalue weighted by atomic mass is 16.5. The lowest BCUT2D eigenvalue weighted by Gasteiger charge is -2.25. The molecule has 1 fully saturated rings. The smallest absolute Gasteiger partial charge is 0.251 e. The van der Waals surface area contributed by atoms with E-state index < -0.39 is 0 Å². The van der Waals surface area contributed by atoms with Crippen molar-refractivity contribution >= 4 is 11.8 Å². The van der Waals surface area contributed by atoms with E-state index in [9.17, 15) is 9.59 Å². The molecule has 0 aliphatic carbocycles. The van der Waals surface area contributed by atoms with Gasteiger partial charge in [0.25, 0.3) is 5.91 Å². The summed E-state index contributed by atoms with van der Waals surface area (Å²) < 4.78 is 5.36. The number of hydrogen-bond acceptors (Lipinski definition) is 4. The Morgan fingerprint density at radius 3 is 2.68 bits per heavy atom. The van der Waals surface area contributed by atoms with Crippen LogP contribution >= 0.6 is 0 Å². The van der Waals surface area contributed by atoms with Crippen molar-refractivity contribution in [2.24, 2.45) is 0 Å². The first-order valence-corrected chi connectivity index (χ1v) is 7.46. The third-order valence-electron chi connectivity index (χ3n) is 3.71. The second-order valence-corrected chi connectivity index (χ2v) is 5.46. The van der Waals surface area contributed by atoms with Crippen molar-refractivity contribution < 1.29 is 14.3 Å². The summed E-state index contributed by atoms with van der Waals surface area (Å²) in [4.78, 5) is 25.4. The van der Waals surface area contributed by atoms with E-state index in [-0.39, 0.29) is 17.9 Å². The summed E-state index contributed by atoms with van der Waals surface area (Å²) in [5.41, 5.74) is 1.61. The lowest BCUT2D eigenvalue weighted by Crippen LogP contribution is -2.44. The molecule has 0 radical (unpaired) electrons. The normalized spacial score (nSPS) is 17.8. The van der Waals surface area contributed by atoms with Gasteiger partial charge in [-0.1, -0.05) is 12.1 Å². The van der Waals surface area contributed by atoms with Crippen LogP contribution in [0.1, 0.15) is 22.3 Å². The second-order valence-electron chi connectivity index (χ2n) is 5.46. The van der Waals surface area contributed by atoms with Crippen LogP contribution in [0.15, 0.2) is 24.3 Å². The van der Waals surface area contributed by atoms with Crippen LogP contribution in [0.3, 0.4) is 0 Å². The van der Waals surface area contributed by atoms with E-state index in [0.29, 0.717) is 31.7 Å². The molecule has 0 saturated carbocycles. The fourth-order valence-electron chi connectivity index (χ4n) is 2.39. The number of amides is 2. The molecule has 2 rings (SSSR count). The number of carbonyl (C=O) groups excluding carboxylic acids is 2. The monoisotopic (exact) mass is 305 g/mol. The van der Waals surface area contributed by atoms with Gasteiger partial charge in [0.2, 0.25) is 5.91 Å². The molecule has 22 heavy (non-hydrogen) atoms. The van der Waals surface area contributed by atoms with E-state index in [1.54, 1.807) is 31.1 Å². The molecule has 120 valence electrons. The molecule has 6 nitrogen and oxygen atoms in total. The predicted octanol–water partition coefficient (Wildman–Crippen LogP) is 0.383. The van der Waals surface area contributed by atoms with Gasteiger partial charge in [-0.15, -0.1) is 0 Å². The highest BCUT2D eigenvalue weighted by Gasteiger charge is 2.19. The zero-order valence-corrected chi connectivity index (χ0v) is 13.1. The second kappa shape index (κ2) is 7.91. The summed E-state index contributed by atoms with van der Waals surface area (Å²) in [5, 5.41) is 5.86. The summed E-state index contributed by atoms with van der Waals surface area (Å²) >= 11 is 0. The summed E-state index contributed by atoms with van der Waals surface area (Å²) in [6.45, 7) is 2.61. The SMILES string of the molecule is CNC(=O)c1ccc(CN(C)C(=O)CC2COCCN2)cc1. The van der Waals surface area contributed by atoms with E-state index in [1.165, 1.54) is 0 Å². The molecule has 1 unspecified atom stereocenters. The van der Waals surface area contributed by atoms with Crippen molar-refractivity contribution in [2.45, 2.75) is 19.0 Å². The topological polar surface area (TPSA) is 70.7 Å². The molecule has 1 saturated heterocycles. The quantitative estimate of drug-likeness (QED) is 0.825. The van der Waals surface area contributed by atoms with Crippen molar-refractivity contribution in [1.29, 1.82) is 0 Å². The molecule has 2 N–H and O–H groups in total. The Balaban J connectivity index is 1.86. The Labute approximate surface area is 130 Å². The van der Waals surface area contributed by atoms with Gasteiger partial charge in [0, 0.05) is 45.2 Å². The van der Waals surface area contributed by atoms with Crippen molar-refractivity contribution in [3.8, 4) is 0 Å². The predicted molar refractivity (Wildman–Crippen MR) is 83.5 cm³/mol. The number of carbonyl (C=O) groups is 2. The van der Waals surface area contributed by atoms with Crippen LogP contribution in [-0.2, 0) is 16.1 Å². The van der Waals surface area contributed by atoms with E-state index >= 15 is 0 Å². The third kappa shape index (κ3) is 4.54. The summed E-state index contributed by atoms with van der Waals surface area (Å²) in [5.74, 6) is -0.0299. The average Bonchev–Trinajstić information content (AvgIpc) is 2.55. The maximum absolute atomic E-state index is 12.2. The Morgan fingerprint density at radius 2 is 2.09 bits per heavy atom. The molecule has 1 aliphatic rings. The highest BCUT2D eigenvalue weighted by molar-refractivity contribution is 5.93. The molecule has 1 atom stereocenters. The van der Waals surface area contributed by atoms with Crippen molar-refractivity contribution in [3.63, 3.8) is 0 Å². The Hall–Kier alpha value is -1.92. The van der Waals surface area contributed by atoms with Gasteiger partial charge in [-0.05, 0) is 17.7 Å². The summed E-state index contributed by atoms with van der Waals surface area (Å²) in [7, 11) is 3.39. The molecule has 1 aliphatic heterocycles. The lowest BCUT2D eigenvalue weighted by atomic mass is 10.1. The van der Waals surface area contributed by atoms with E-state index in [0.717, 1.165) is 12.1 Å².